The van der Waals surface area contributed by atoms with Crippen molar-refractivity contribution in [2.75, 3.05) is 13.2 Å². The summed E-state index contributed by atoms with van der Waals surface area (Å²) in [6, 6.07) is 0. The SMILES string of the molecule is CC(=COCC(O)CO)C(=O)O. The summed E-state index contributed by atoms with van der Waals surface area (Å²) in [7, 11) is 0. The number of hydrogen-bond donors (Lipinski definition) is 3. The number of aliphatic hydroxyl groups is 2. The van der Waals surface area contributed by atoms with Crippen LogP contribution in [0.5, 0.6) is 0 Å². The van der Waals surface area contributed by atoms with Crippen molar-refractivity contribution in [2.45, 2.75) is 13.0 Å². The third-order valence-electron chi connectivity index (χ3n) is 1.10. The van der Waals surface area contributed by atoms with Crippen LogP contribution in [0.2, 0.25) is 0 Å². The highest BCUT2D eigenvalue weighted by Crippen LogP contribution is 1.93. The van der Waals surface area contributed by atoms with Crippen molar-refractivity contribution >= 4 is 5.97 Å². The highest BCUT2D eigenvalue weighted by molar-refractivity contribution is 5.85. The predicted octanol–water partition coefficient (Wildman–Crippen LogP) is -0.655. The summed E-state index contributed by atoms with van der Waals surface area (Å²) in [6.07, 6.45) is 0.0594. The third-order valence-corrected chi connectivity index (χ3v) is 1.10. The Bertz CT molecular complexity index is 175. The van der Waals surface area contributed by atoms with Crippen molar-refractivity contribution in [1.29, 1.82) is 0 Å². The quantitative estimate of drug-likeness (QED) is 0.382. The zero-order valence-electron chi connectivity index (χ0n) is 6.73. The summed E-state index contributed by atoms with van der Waals surface area (Å²) in [5, 5.41) is 25.4. The van der Waals surface area contributed by atoms with Crippen LogP contribution >= 0.6 is 0 Å². The van der Waals surface area contributed by atoms with Gasteiger partial charge in [-0.05, 0) is 6.92 Å². The Morgan fingerprint density at radius 3 is 2.67 bits per heavy atom. The summed E-state index contributed by atoms with van der Waals surface area (Å²) in [5.41, 5.74) is 0.0418. The highest BCUT2D eigenvalue weighted by Gasteiger charge is 2.02. The second-order valence-corrected chi connectivity index (χ2v) is 2.28. The van der Waals surface area contributed by atoms with Gasteiger partial charge in [0, 0.05) is 0 Å². The van der Waals surface area contributed by atoms with Crippen LogP contribution in [0.1, 0.15) is 6.92 Å². The first kappa shape index (κ1) is 10.9. The van der Waals surface area contributed by atoms with Crippen LogP contribution in [-0.4, -0.2) is 40.6 Å². The Kier molecular flexibility index (Phi) is 5.07. The molecule has 0 heterocycles. The van der Waals surface area contributed by atoms with Gasteiger partial charge in [-0.25, -0.2) is 4.79 Å². The monoisotopic (exact) mass is 176 g/mol. The lowest BCUT2D eigenvalue weighted by Crippen LogP contribution is -2.18. The maximum atomic E-state index is 10.2. The van der Waals surface area contributed by atoms with Gasteiger partial charge in [0.05, 0.1) is 18.4 Å². The van der Waals surface area contributed by atoms with Gasteiger partial charge in [-0.1, -0.05) is 0 Å². The molecule has 0 aromatic rings. The first-order valence-corrected chi connectivity index (χ1v) is 3.38. The van der Waals surface area contributed by atoms with Crippen molar-refractivity contribution in [3.05, 3.63) is 11.8 Å². The maximum Gasteiger partial charge on any atom is 0.334 e. The Balaban J connectivity index is 3.67. The first-order valence-electron chi connectivity index (χ1n) is 3.38. The van der Waals surface area contributed by atoms with E-state index in [1.165, 1.54) is 6.92 Å². The van der Waals surface area contributed by atoms with E-state index >= 15 is 0 Å². The normalized spacial score (nSPS) is 14.1. The van der Waals surface area contributed by atoms with Crippen LogP contribution in [0.3, 0.4) is 0 Å². The van der Waals surface area contributed by atoms with Crippen LogP contribution in [0, 0.1) is 0 Å². The summed E-state index contributed by atoms with van der Waals surface area (Å²) in [6.45, 7) is 0.856. The molecule has 70 valence electrons. The minimum atomic E-state index is -1.08. The van der Waals surface area contributed by atoms with E-state index in [-0.39, 0.29) is 12.2 Å². The first-order chi connectivity index (χ1) is 5.57. The van der Waals surface area contributed by atoms with Gasteiger partial charge in [-0.3, -0.25) is 0 Å². The Morgan fingerprint density at radius 2 is 2.25 bits per heavy atom. The molecule has 5 nitrogen and oxygen atoms in total. The van der Waals surface area contributed by atoms with Crippen LogP contribution in [0.4, 0.5) is 0 Å². The summed E-state index contributed by atoms with van der Waals surface area (Å²) in [5.74, 6) is -1.08. The van der Waals surface area contributed by atoms with Gasteiger partial charge in [0.1, 0.15) is 12.7 Å². The van der Waals surface area contributed by atoms with Gasteiger partial charge in [0.2, 0.25) is 0 Å². The molecule has 12 heavy (non-hydrogen) atoms. The number of aliphatic hydroxyl groups excluding tert-OH is 2. The Hall–Kier alpha value is -1.07. The maximum absolute atomic E-state index is 10.2. The molecule has 0 bridgehead atoms. The second-order valence-electron chi connectivity index (χ2n) is 2.28. The molecule has 1 atom stereocenters. The van der Waals surface area contributed by atoms with E-state index in [1.54, 1.807) is 0 Å². The van der Waals surface area contributed by atoms with Crippen LogP contribution < -0.4 is 0 Å². The Labute approximate surface area is 69.9 Å². The van der Waals surface area contributed by atoms with E-state index in [1.807, 2.05) is 0 Å². The number of carboxylic acids is 1. The molecule has 0 aliphatic rings. The van der Waals surface area contributed by atoms with E-state index in [0.29, 0.717) is 0 Å². The predicted molar refractivity (Wildman–Crippen MR) is 40.4 cm³/mol. The van der Waals surface area contributed by atoms with Gasteiger partial charge in [-0.2, -0.15) is 0 Å². The minimum Gasteiger partial charge on any atom is -0.498 e. The lowest BCUT2D eigenvalue weighted by Gasteiger charge is -2.05. The molecule has 0 aliphatic heterocycles. The van der Waals surface area contributed by atoms with E-state index in [2.05, 4.69) is 4.74 Å². The fourth-order valence-corrected chi connectivity index (χ4v) is 0.387. The molecule has 0 rings (SSSR count). The molecule has 3 N–H and O–H groups in total. The molecule has 0 saturated carbocycles. The second kappa shape index (κ2) is 5.56. The molecular weight excluding hydrogens is 164 g/mol. The fraction of sp³-hybridized carbons (Fsp3) is 0.571. The molecule has 0 aromatic carbocycles. The van der Waals surface area contributed by atoms with Gasteiger partial charge in [-0.15, -0.1) is 0 Å². The Morgan fingerprint density at radius 1 is 1.67 bits per heavy atom. The van der Waals surface area contributed by atoms with Crippen molar-refractivity contribution < 1.29 is 24.9 Å². The zero-order chi connectivity index (χ0) is 9.56. The minimum absolute atomic E-state index is 0.0418. The third kappa shape index (κ3) is 4.70. The molecule has 5 heteroatoms. The average Bonchev–Trinajstić information content (AvgIpc) is 2.03. The van der Waals surface area contributed by atoms with E-state index < -0.39 is 18.7 Å². The van der Waals surface area contributed by atoms with E-state index in [4.69, 9.17) is 15.3 Å². The molecule has 1 unspecified atom stereocenters. The largest absolute Gasteiger partial charge is 0.498 e. The van der Waals surface area contributed by atoms with E-state index in [9.17, 15) is 4.79 Å². The lowest BCUT2D eigenvalue weighted by atomic mass is 10.3. The molecular formula is C7H12O5. The average molecular weight is 176 g/mol. The molecule has 0 amide bonds. The van der Waals surface area contributed by atoms with Gasteiger partial charge in [0.25, 0.3) is 0 Å². The lowest BCUT2D eigenvalue weighted by molar-refractivity contribution is -0.132. The van der Waals surface area contributed by atoms with E-state index in [0.717, 1.165) is 6.26 Å². The van der Waals surface area contributed by atoms with Crippen molar-refractivity contribution in [1.82, 2.24) is 0 Å². The highest BCUT2D eigenvalue weighted by atomic mass is 16.5. The van der Waals surface area contributed by atoms with Crippen LogP contribution in [0.15, 0.2) is 11.8 Å². The fourth-order valence-electron chi connectivity index (χ4n) is 0.387. The van der Waals surface area contributed by atoms with Crippen molar-refractivity contribution in [3.8, 4) is 0 Å². The number of rotatable bonds is 5. The number of ether oxygens (including phenoxy) is 1. The summed E-state index contributed by atoms with van der Waals surface area (Å²) in [4.78, 5) is 10.2. The molecule has 0 aromatic heterocycles. The molecule has 0 saturated heterocycles. The molecule has 0 radical (unpaired) electrons. The molecule has 0 spiro atoms. The topological polar surface area (TPSA) is 87.0 Å². The summed E-state index contributed by atoms with van der Waals surface area (Å²) < 4.78 is 4.66. The zero-order valence-corrected chi connectivity index (χ0v) is 6.73. The molecule has 0 aliphatic carbocycles. The van der Waals surface area contributed by atoms with Crippen molar-refractivity contribution in [2.24, 2.45) is 0 Å². The standard InChI is InChI=1S/C7H12O5/c1-5(7(10)11)3-12-4-6(9)2-8/h3,6,8-9H,2,4H2,1H3,(H,10,11). The van der Waals surface area contributed by atoms with Gasteiger partial charge in [0.15, 0.2) is 0 Å². The number of carbonyl (C=O) groups is 1. The number of carboxylic acid groups (broad SMARTS) is 1. The van der Waals surface area contributed by atoms with Gasteiger partial charge >= 0.3 is 5.97 Å². The smallest absolute Gasteiger partial charge is 0.334 e. The van der Waals surface area contributed by atoms with Crippen molar-refractivity contribution in [3.63, 3.8) is 0 Å². The van der Waals surface area contributed by atoms with Crippen LogP contribution in [-0.2, 0) is 9.53 Å². The number of hydrogen-bond acceptors (Lipinski definition) is 4. The van der Waals surface area contributed by atoms with Gasteiger partial charge < -0.3 is 20.1 Å². The van der Waals surface area contributed by atoms with Crippen LogP contribution in [0.25, 0.3) is 0 Å². The summed E-state index contributed by atoms with van der Waals surface area (Å²) >= 11 is 0. The molecule has 0 fully saturated rings. The number of aliphatic carboxylic acids is 1.